The van der Waals surface area contributed by atoms with Gasteiger partial charge in [0.05, 0.1) is 18.1 Å². The van der Waals surface area contributed by atoms with E-state index in [1.54, 1.807) is 12.1 Å². The van der Waals surface area contributed by atoms with Crippen molar-refractivity contribution in [2.75, 3.05) is 6.61 Å². The van der Waals surface area contributed by atoms with E-state index in [-0.39, 0.29) is 42.1 Å². The summed E-state index contributed by atoms with van der Waals surface area (Å²) < 4.78 is 6.32. The number of amides is 2. The smallest absolute Gasteiger partial charge is 0.254 e. The number of rotatable bonds is 4. The fourth-order valence-electron chi connectivity index (χ4n) is 3.99. The predicted molar refractivity (Wildman–Crippen MR) is 95.6 cm³/mol. The number of hydrogen-bond acceptors (Lipinski definition) is 4. The van der Waals surface area contributed by atoms with Crippen molar-refractivity contribution in [1.82, 2.24) is 5.01 Å². The molecule has 2 bridgehead atoms. The van der Waals surface area contributed by atoms with E-state index >= 15 is 0 Å². The van der Waals surface area contributed by atoms with Gasteiger partial charge in [-0.25, -0.2) is 0 Å². The highest BCUT2D eigenvalue weighted by molar-refractivity contribution is 9.10. The summed E-state index contributed by atoms with van der Waals surface area (Å²) in [5.74, 6) is 2.39. The lowest BCUT2D eigenvalue weighted by atomic mass is 9.85. The molecular weight excluding hydrogens is 384 g/mol. The van der Waals surface area contributed by atoms with Crippen LogP contribution in [-0.4, -0.2) is 29.6 Å². The Labute approximate surface area is 153 Å². The summed E-state index contributed by atoms with van der Waals surface area (Å²) in [6.07, 6.45) is 11.7. The Morgan fingerprint density at radius 2 is 1.96 bits per heavy atom. The van der Waals surface area contributed by atoms with Gasteiger partial charge in [0.2, 0.25) is 0 Å². The zero-order valence-corrected chi connectivity index (χ0v) is 14.8. The average molecular weight is 399 g/mol. The Morgan fingerprint density at radius 3 is 2.60 bits per heavy atom. The highest BCUT2D eigenvalue weighted by Gasteiger charge is 2.59. The van der Waals surface area contributed by atoms with Crippen LogP contribution in [0.5, 0.6) is 5.75 Å². The first-order valence-electron chi connectivity index (χ1n) is 8.06. The van der Waals surface area contributed by atoms with Crippen LogP contribution >= 0.6 is 15.9 Å². The number of fused-ring (bicyclic) bond motifs is 5. The largest absolute Gasteiger partial charge is 0.480 e. The van der Waals surface area contributed by atoms with Gasteiger partial charge in [-0.2, -0.15) is 10.1 Å². The molecular formula is C19H15BrN2O3. The highest BCUT2D eigenvalue weighted by Crippen LogP contribution is 2.52. The number of allylic oxidation sites excluding steroid dienone is 2. The number of hydrogen-bond donors (Lipinski definition) is 0. The van der Waals surface area contributed by atoms with Crippen LogP contribution in [0.4, 0.5) is 0 Å². The van der Waals surface area contributed by atoms with E-state index in [1.807, 2.05) is 6.07 Å². The van der Waals surface area contributed by atoms with Gasteiger partial charge in [-0.1, -0.05) is 34.0 Å². The normalized spacial score (nSPS) is 29.5. The van der Waals surface area contributed by atoms with Gasteiger partial charge in [0, 0.05) is 10.0 Å². The monoisotopic (exact) mass is 398 g/mol. The van der Waals surface area contributed by atoms with Crippen molar-refractivity contribution in [3.63, 3.8) is 0 Å². The molecule has 0 radical (unpaired) electrons. The maximum atomic E-state index is 12.6. The number of carbonyl (C=O) groups excluding carboxylic acids is 2. The van der Waals surface area contributed by atoms with Crippen LogP contribution < -0.4 is 4.74 Å². The minimum absolute atomic E-state index is 0.128. The first-order valence-corrected chi connectivity index (χ1v) is 8.85. The molecule has 0 unspecified atom stereocenters. The molecule has 4 rings (SSSR count). The number of ether oxygens (including phenoxy) is 1. The third-order valence-corrected chi connectivity index (χ3v) is 5.54. The fourth-order valence-corrected chi connectivity index (χ4v) is 4.37. The molecule has 1 saturated carbocycles. The maximum Gasteiger partial charge on any atom is 0.254 e. The Balaban J connectivity index is 1.59. The van der Waals surface area contributed by atoms with Gasteiger partial charge < -0.3 is 4.74 Å². The van der Waals surface area contributed by atoms with Crippen molar-refractivity contribution < 1.29 is 14.3 Å². The van der Waals surface area contributed by atoms with E-state index in [4.69, 9.17) is 11.2 Å². The number of benzene rings is 1. The molecule has 1 heterocycles. The van der Waals surface area contributed by atoms with Crippen LogP contribution in [0, 0.1) is 36.0 Å². The summed E-state index contributed by atoms with van der Waals surface area (Å²) >= 11 is 3.39. The van der Waals surface area contributed by atoms with Crippen LogP contribution in [0.25, 0.3) is 0 Å². The second-order valence-corrected chi connectivity index (χ2v) is 7.32. The standard InChI is InChI=1S/C19H15BrN2O3/c1-2-7-25-15-6-5-14(20)9-13(15)10-21-22-18(23)16-11-3-4-12(8-11)17(16)19(22)24/h1,3-6,9-12,16-17H,7-8H2/b21-10-/t11-,12-,16+,17+/m0/s1. The number of hydrazone groups is 1. The van der Waals surface area contributed by atoms with Crippen LogP contribution in [0.3, 0.4) is 0 Å². The van der Waals surface area contributed by atoms with Gasteiger partial charge in [0.1, 0.15) is 12.4 Å². The summed E-state index contributed by atoms with van der Waals surface area (Å²) in [7, 11) is 0. The van der Waals surface area contributed by atoms with E-state index in [0.29, 0.717) is 11.3 Å². The summed E-state index contributed by atoms with van der Waals surface area (Å²) in [4.78, 5) is 25.2. The molecule has 2 fully saturated rings. The molecule has 0 spiro atoms. The quantitative estimate of drug-likeness (QED) is 0.339. The van der Waals surface area contributed by atoms with Crippen molar-refractivity contribution in [3.8, 4) is 18.1 Å². The molecule has 6 heteroatoms. The van der Waals surface area contributed by atoms with Gasteiger partial charge in [-0.05, 0) is 36.5 Å². The minimum atomic E-state index is -0.251. The van der Waals surface area contributed by atoms with E-state index in [9.17, 15) is 9.59 Å². The van der Waals surface area contributed by atoms with Crippen LogP contribution in [0.2, 0.25) is 0 Å². The van der Waals surface area contributed by atoms with E-state index < -0.39 is 0 Å². The van der Waals surface area contributed by atoms with Crippen molar-refractivity contribution in [3.05, 3.63) is 40.4 Å². The molecule has 3 aliphatic rings. The van der Waals surface area contributed by atoms with Crippen molar-refractivity contribution in [1.29, 1.82) is 0 Å². The second kappa shape index (κ2) is 6.16. The molecule has 2 aliphatic carbocycles. The Kier molecular flexibility index (Phi) is 3.97. The van der Waals surface area contributed by atoms with E-state index in [0.717, 1.165) is 15.9 Å². The van der Waals surface area contributed by atoms with Gasteiger partial charge in [-0.3, -0.25) is 9.59 Å². The van der Waals surface area contributed by atoms with Gasteiger partial charge >= 0.3 is 0 Å². The summed E-state index contributed by atoms with van der Waals surface area (Å²) in [6.45, 7) is 0.128. The van der Waals surface area contributed by atoms with Crippen molar-refractivity contribution in [2.45, 2.75) is 6.42 Å². The first-order chi connectivity index (χ1) is 12.1. The first kappa shape index (κ1) is 16.1. The minimum Gasteiger partial charge on any atom is -0.480 e. The lowest BCUT2D eigenvalue weighted by Crippen LogP contribution is -2.28. The molecule has 0 aromatic heterocycles. The lowest BCUT2D eigenvalue weighted by Gasteiger charge is -2.13. The third-order valence-electron chi connectivity index (χ3n) is 5.04. The number of imide groups is 1. The predicted octanol–water partition coefficient (Wildman–Crippen LogP) is 2.60. The fraction of sp³-hybridized carbons (Fsp3) is 0.316. The number of terminal acetylenes is 1. The molecule has 2 amide bonds. The number of halogens is 1. The highest BCUT2D eigenvalue weighted by atomic mass is 79.9. The lowest BCUT2D eigenvalue weighted by molar-refractivity contribution is -0.140. The number of carbonyl (C=O) groups is 2. The molecule has 5 nitrogen and oxygen atoms in total. The topological polar surface area (TPSA) is 59.0 Å². The van der Waals surface area contributed by atoms with Crippen molar-refractivity contribution >= 4 is 34.0 Å². The molecule has 1 saturated heterocycles. The summed E-state index contributed by atoms with van der Waals surface area (Å²) in [6, 6.07) is 5.38. The molecule has 0 N–H and O–H groups in total. The van der Waals surface area contributed by atoms with Crippen LogP contribution in [-0.2, 0) is 9.59 Å². The molecule has 4 atom stereocenters. The molecule has 126 valence electrons. The Hall–Kier alpha value is -2.39. The SMILES string of the molecule is C#CCOc1ccc(Br)cc1/C=N\N1C(=O)[C@H]2[C@H](C1=O)[C@H]1C=C[C@H]2C1. The Bertz CT molecular complexity index is 825. The van der Waals surface area contributed by atoms with Gasteiger partial charge in [-0.15, -0.1) is 6.42 Å². The van der Waals surface area contributed by atoms with Gasteiger partial charge in [0.15, 0.2) is 0 Å². The zero-order valence-electron chi connectivity index (χ0n) is 13.3. The summed E-state index contributed by atoms with van der Waals surface area (Å²) in [5, 5.41) is 5.19. The van der Waals surface area contributed by atoms with E-state index in [2.05, 4.69) is 39.1 Å². The second-order valence-electron chi connectivity index (χ2n) is 6.41. The third kappa shape index (κ3) is 2.59. The van der Waals surface area contributed by atoms with Gasteiger partial charge in [0.25, 0.3) is 11.8 Å². The van der Waals surface area contributed by atoms with E-state index in [1.165, 1.54) is 6.21 Å². The molecule has 1 aromatic rings. The molecule has 1 aromatic carbocycles. The van der Waals surface area contributed by atoms with Crippen LogP contribution in [0.15, 0.2) is 39.9 Å². The average Bonchev–Trinajstić information content (AvgIpc) is 3.27. The Morgan fingerprint density at radius 1 is 1.28 bits per heavy atom. The number of nitrogens with zero attached hydrogens (tertiary/aromatic N) is 2. The van der Waals surface area contributed by atoms with Crippen molar-refractivity contribution in [2.24, 2.45) is 28.8 Å². The van der Waals surface area contributed by atoms with Crippen LogP contribution in [0.1, 0.15) is 12.0 Å². The maximum absolute atomic E-state index is 12.6. The molecule has 1 aliphatic heterocycles. The summed E-state index contributed by atoms with van der Waals surface area (Å²) in [5.41, 5.74) is 0.642. The molecule has 25 heavy (non-hydrogen) atoms. The zero-order chi connectivity index (χ0) is 17.6.